The van der Waals surface area contributed by atoms with Gasteiger partial charge in [0.1, 0.15) is 17.3 Å². The van der Waals surface area contributed by atoms with Crippen molar-refractivity contribution in [3.63, 3.8) is 0 Å². The first-order valence-corrected chi connectivity index (χ1v) is 7.00. The number of nitrogens with zero attached hydrogens (tertiary/aromatic N) is 1. The molecule has 1 unspecified atom stereocenters. The van der Waals surface area contributed by atoms with Gasteiger partial charge in [0, 0.05) is 19.1 Å². The summed E-state index contributed by atoms with van der Waals surface area (Å²) >= 11 is 0. The molecule has 2 nitrogen and oxygen atoms in total. The Balaban J connectivity index is 3.07. The molecule has 108 valence electrons. The maximum atomic E-state index is 14.2. The topological polar surface area (TPSA) is 15.3 Å². The van der Waals surface area contributed by atoms with E-state index >= 15 is 0 Å². The third kappa shape index (κ3) is 3.90. The van der Waals surface area contributed by atoms with E-state index in [1.54, 1.807) is 4.90 Å². The van der Waals surface area contributed by atoms with Crippen molar-refractivity contribution in [2.45, 2.75) is 46.7 Å². The van der Waals surface area contributed by atoms with Crippen molar-refractivity contribution < 1.29 is 8.78 Å². The van der Waals surface area contributed by atoms with Crippen LogP contribution in [0.2, 0.25) is 0 Å². The van der Waals surface area contributed by atoms with Crippen LogP contribution >= 0.6 is 0 Å². The van der Waals surface area contributed by atoms with Gasteiger partial charge in [0.2, 0.25) is 0 Å². The van der Waals surface area contributed by atoms with Gasteiger partial charge in [-0.05, 0) is 44.5 Å². The zero-order valence-electron chi connectivity index (χ0n) is 12.3. The first-order chi connectivity index (χ1) is 9.04. The lowest BCUT2D eigenvalue weighted by Crippen LogP contribution is -2.34. The zero-order chi connectivity index (χ0) is 14.4. The van der Waals surface area contributed by atoms with Gasteiger partial charge in [-0.25, -0.2) is 8.78 Å². The average Bonchev–Trinajstić information content (AvgIpc) is 2.39. The number of nitrogens with one attached hydrogen (secondary N) is 1. The fourth-order valence-electron chi connectivity index (χ4n) is 2.17. The summed E-state index contributed by atoms with van der Waals surface area (Å²) in [7, 11) is 0. The highest BCUT2D eigenvalue weighted by molar-refractivity contribution is 5.51. The van der Waals surface area contributed by atoms with Crippen LogP contribution in [-0.4, -0.2) is 19.1 Å². The second kappa shape index (κ2) is 7.43. The van der Waals surface area contributed by atoms with Gasteiger partial charge in [0.15, 0.2) is 0 Å². The van der Waals surface area contributed by atoms with Crippen molar-refractivity contribution >= 4 is 5.69 Å². The lowest BCUT2D eigenvalue weighted by Gasteiger charge is -2.30. The SMILES string of the molecule is CCNCc1cc(F)c(N(CC)C(C)CC)c(F)c1. The predicted octanol–water partition coefficient (Wildman–Crippen LogP) is 3.70. The quantitative estimate of drug-likeness (QED) is 0.812. The highest BCUT2D eigenvalue weighted by atomic mass is 19.1. The molecule has 0 amide bonds. The molecule has 0 heterocycles. The minimum Gasteiger partial charge on any atom is -0.364 e. The normalized spacial score (nSPS) is 12.5. The van der Waals surface area contributed by atoms with E-state index in [0.717, 1.165) is 13.0 Å². The molecule has 1 rings (SSSR count). The highest BCUT2D eigenvalue weighted by Crippen LogP contribution is 2.27. The number of rotatable bonds is 7. The molecule has 0 saturated carbocycles. The Labute approximate surface area is 114 Å². The van der Waals surface area contributed by atoms with Crippen molar-refractivity contribution in [2.75, 3.05) is 18.0 Å². The van der Waals surface area contributed by atoms with Crippen LogP contribution in [0.4, 0.5) is 14.5 Å². The van der Waals surface area contributed by atoms with E-state index in [1.807, 2.05) is 27.7 Å². The number of benzene rings is 1. The van der Waals surface area contributed by atoms with Crippen molar-refractivity contribution in [3.05, 3.63) is 29.3 Å². The summed E-state index contributed by atoms with van der Waals surface area (Å²) < 4.78 is 28.3. The second-order valence-corrected chi connectivity index (χ2v) is 4.73. The number of hydrogen-bond donors (Lipinski definition) is 1. The van der Waals surface area contributed by atoms with Crippen molar-refractivity contribution in [1.82, 2.24) is 5.32 Å². The zero-order valence-corrected chi connectivity index (χ0v) is 12.3. The van der Waals surface area contributed by atoms with E-state index in [4.69, 9.17) is 0 Å². The maximum Gasteiger partial charge on any atom is 0.149 e. The first kappa shape index (κ1) is 15.9. The van der Waals surface area contributed by atoms with E-state index in [1.165, 1.54) is 12.1 Å². The molecule has 0 aromatic heterocycles. The van der Waals surface area contributed by atoms with E-state index < -0.39 is 11.6 Å². The second-order valence-electron chi connectivity index (χ2n) is 4.73. The van der Waals surface area contributed by atoms with E-state index in [-0.39, 0.29) is 11.7 Å². The molecule has 0 bridgehead atoms. The molecule has 1 atom stereocenters. The van der Waals surface area contributed by atoms with Gasteiger partial charge >= 0.3 is 0 Å². The molecule has 0 aliphatic carbocycles. The molecule has 0 spiro atoms. The maximum absolute atomic E-state index is 14.2. The van der Waals surface area contributed by atoms with Crippen molar-refractivity contribution in [2.24, 2.45) is 0 Å². The molecule has 1 N–H and O–H groups in total. The number of halogens is 2. The molecule has 0 aliphatic heterocycles. The summed E-state index contributed by atoms with van der Waals surface area (Å²) in [6.07, 6.45) is 0.853. The monoisotopic (exact) mass is 270 g/mol. The summed E-state index contributed by atoms with van der Waals surface area (Å²) in [5, 5.41) is 3.07. The fraction of sp³-hybridized carbons (Fsp3) is 0.600. The highest BCUT2D eigenvalue weighted by Gasteiger charge is 2.20. The molecule has 0 aliphatic rings. The van der Waals surface area contributed by atoms with Gasteiger partial charge < -0.3 is 10.2 Å². The Morgan fingerprint density at radius 3 is 2.16 bits per heavy atom. The van der Waals surface area contributed by atoms with Crippen LogP contribution in [0.1, 0.15) is 39.7 Å². The Kier molecular flexibility index (Phi) is 6.22. The average molecular weight is 270 g/mol. The van der Waals surface area contributed by atoms with E-state index in [2.05, 4.69) is 5.32 Å². The van der Waals surface area contributed by atoms with E-state index in [0.29, 0.717) is 18.7 Å². The summed E-state index contributed by atoms with van der Waals surface area (Å²) in [6.45, 7) is 9.73. The molecular formula is C15H24F2N2. The minimum absolute atomic E-state index is 0.0945. The van der Waals surface area contributed by atoms with Gasteiger partial charge in [-0.1, -0.05) is 13.8 Å². The fourth-order valence-corrected chi connectivity index (χ4v) is 2.17. The number of anilines is 1. The molecule has 19 heavy (non-hydrogen) atoms. The molecular weight excluding hydrogens is 246 g/mol. The van der Waals surface area contributed by atoms with Crippen LogP contribution in [-0.2, 0) is 6.54 Å². The molecule has 0 radical (unpaired) electrons. The lowest BCUT2D eigenvalue weighted by molar-refractivity contribution is 0.541. The summed E-state index contributed by atoms with van der Waals surface area (Å²) in [6, 6.07) is 2.96. The summed E-state index contributed by atoms with van der Waals surface area (Å²) in [5.41, 5.74) is 0.734. The Morgan fingerprint density at radius 2 is 1.74 bits per heavy atom. The van der Waals surface area contributed by atoms with Crippen LogP contribution in [0.3, 0.4) is 0 Å². The van der Waals surface area contributed by atoms with Crippen LogP contribution < -0.4 is 10.2 Å². The van der Waals surface area contributed by atoms with Gasteiger partial charge in [0.25, 0.3) is 0 Å². The van der Waals surface area contributed by atoms with Crippen LogP contribution in [0.25, 0.3) is 0 Å². The first-order valence-electron chi connectivity index (χ1n) is 7.00. The Hall–Kier alpha value is -1.16. The van der Waals surface area contributed by atoms with E-state index in [9.17, 15) is 8.78 Å². The lowest BCUT2D eigenvalue weighted by atomic mass is 10.1. The molecule has 0 fully saturated rings. The number of hydrogen-bond acceptors (Lipinski definition) is 2. The van der Waals surface area contributed by atoms with Crippen LogP contribution in [0.15, 0.2) is 12.1 Å². The van der Waals surface area contributed by atoms with Crippen LogP contribution in [0.5, 0.6) is 0 Å². The summed E-state index contributed by atoms with van der Waals surface area (Å²) in [5.74, 6) is -0.954. The van der Waals surface area contributed by atoms with Gasteiger partial charge in [-0.2, -0.15) is 0 Å². The third-order valence-electron chi connectivity index (χ3n) is 3.41. The third-order valence-corrected chi connectivity index (χ3v) is 3.41. The largest absolute Gasteiger partial charge is 0.364 e. The van der Waals surface area contributed by atoms with Crippen molar-refractivity contribution in [3.8, 4) is 0 Å². The van der Waals surface area contributed by atoms with Gasteiger partial charge in [-0.3, -0.25) is 0 Å². The van der Waals surface area contributed by atoms with Gasteiger partial charge in [-0.15, -0.1) is 0 Å². The molecule has 0 saturated heterocycles. The molecule has 4 heteroatoms. The molecule has 1 aromatic rings. The molecule has 1 aromatic carbocycles. The Morgan fingerprint density at radius 1 is 1.16 bits per heavy atom. The Bertz CT molecular complexity index is 384. The predicted molar refractivity (Wildman–Crippen MR) is 76.5 cm³/mol. The van der Waals surface area contributed by atoms with Crippen molar-refractivity contribution in [1.29, 1.82) is 0 Å². The van der Waals surface area contributed by atoms with Crippen LogP contribution in [0, 0.1) is 11.6 Å². The van der Waals surface area contributed by atoms with Gasteiger partial charge in [0.05, 0.1) is 0 Å². The smallest absolute Gasteiger partial charge is 0.149 e. The standard InChI is InChI=1S/C15H24F2N2/c1-5-11(4)19(7-3)15-13(16)8-12(9-14(15)17)10-18-6-2/h8-9,11,18H,5-7,10H2,1-4H3. The summed E-state index contributed by atoms with van der Waals surface area (Å²) in [4.78, 5) is 1.78. The minimum atomic E-state index is -0.477.